The summed E-state index contributed by atoms with van der Waals surface area (Å²) in [5, 5.41) is 0. The van der Waals surface area contributed by atoms with E-state index in [0.717, 1.165) is 6.54 Å². The zero-order chi connectivity index (χ0) is 13.4. The van der Waals surface area contributed by atoms with E-state index in [1.54, 1.807) is 0 Å². The molecule has 102 valence electrons. The summed E-state index contributed by atoms with van der Waals surface area (Å²) in [6.07, 6.45) is 2.50. The fraction of sp³-hybridized carbons (Fsp3) is 0.625. The molecule has 1 unspecified atom stereocenters. The summed E-state index contributed by atoms with van der Waals surface area (Å²) in [5.41, 5.74) is 2.98. The van der Waals surface area contributed by atoms with Gasteiger partial charge < -0.3 is 0 Å². The predicted molar refractivity (Wildman–Crippen MR) is 84.2 cm³/mol. The smallest absolute Gasteiger partial charge is 0.00950 e. The Morgan fingerprint density at radius 2 is 1.89 bits per heavy atom. The first-order chi connectivity index (χ1) is 8.72. The summed E-state index contributed by atoms with van der Waals surface area (Å²) in [6, 6.07) is 8.84. The molecule has 0 aromatic heterocycles. The number of nitrogens with zero attached hydrogens (tertiary/aromatic N) is 1. The minimum atomic E-state index is 0.706. The largest absolute Gasteiger partial charge is 0.251 e. The molecular weight excluding hydrogens is 238 g/mol. The highest BCUT2D eigenvalue weighted by Gasteiger charge is 2.13. The van der Waals surface area contributed by atoms with Crippen LogP contribution in [0.1, 0.15) is 50.7 Å². The van der Waals surface area contributed by atoms with E-state index < -0.39 is 0 Å². The molecule has 1 aromatic carbocycles. The van der Waals surface area contributed by atoms with Crippen LogP contribution in [0.2, 0.25) is 0 Å². The second-order valence-corrected chi connectivity index (χ2v) is 6.04. The maximum atomic E-state index is 2.49. The molecule has 0 radical (unpaired) electrons. The van der Waals surface area contributed by atoms with Crippen LogP contribution in [0, 0.1) is 6.92 Å². The van der Waals surface area contributed by atoms with Gasteiger partial charge in [0.25, 0.3) is 0 Å². The molecule has 1 rings (SSSR count). The number of rotatable bonds is 8. The van der Waals surface area contributed by atoms with Crippen molar-refractivity contribution in [3.8, 4) is 0 Å². The molecule has 0 N–H and O–H groups in total. The molecule has 0 aliphatic carbocycles. The number of hydrogen-bond donors (Lipinski definition) is 0. The lowest BCUT2D eigenvalue weighted by atomic mass is 9.90. The molecule has 0 spiro atoms. The summed E-state index contributed by atoms with van der Waals surface area (Å²) in [4.78, 5) is 0. The van der Waals surface area contributed by atoms with Gasteiger partial charge in [-0.1, -0.05) is 57.0 Å². The van der Waals surface area contributed by atoms with Gasteiger partial charge in [-0.25, -0.2) is 0 Å². The Morgan fingerprint density at radius 3 is 2.44 bits per heavy atom. The van der Waals surface area contributed by atoms with Crippen LogP contribution < -0.4 is 0 Å². The van der Waals surface area contributed by atoms with E-state index in [1.807, 2.05) is 11.9 Å². The van der Waals surface area contributed by atoms with Gasteiger partial charge in [-0.05, 0) is 36.8 Å². The average molecular weight is 265 g/mol. The van der Waals surface area contributed by atoms with E-state index in [0.29, 0.717) is 5.92 Å². The van der Waals surface area contributed by atoms with E-state index in [1.165, 1.54) is 36.3 Å². The summed E-state index contributed by atoms with van der Waals surface area (Å²) in [7, 11) is 0. The van der Waals surface area contributed by atoms with Gasteiger partial charge in [-0.15, -0.1) is 0 Å². The predicted octanol–water partition coefficient (Wildman–Crippen LogP) is 4.87. The van der Waals surface area contributed by atoms with Crippen LogP contribution in [0.5, 0.6) is 0 Å². The van der Waals surface area contributed by atoms with E-state index in [2.05, 4.69) is 56.3 Å². The van der Waals surface area contributed by atoms with Gasteiger partial charge in [-0.2, -0.15) is 0 Å². The molecule has 1 nitrogen and oxygen atoms in total. The molecule has 0 bridgehead atoms. The van der Waals surface area contributed by atoms with Crippen molar-refractivity contribution in [2.45, 2.75) is 46.5 Å². The van der Waals surface area contributed by atoms with Crippen molar-refractivity contribution in [1.82, 2.24) is 4.31 Å². The Kier molecular flexibility index (Phi) is 7.45. The van der Waals surface area contributed by atoms with E-state index in [-0.39, 0.29) is 0 Å². The van der Waals surface area contributed by atoms with Gasteiger partial charge in [0.05, 0.1) is 0 Å². The van der Waals surface area contributed by atoms with Crippen molar-refractivity contribution in [1.29, 1.82) is 0 Å². The number of benzene rings is 1. The van der Waals surface area contributed by atoms with Gasteiger partial charge in [0.2, 0.25) is 0 Å². The first kappa shape index (κ1) is 15.6. The third-order valence-corrected chi connectivity index (χ3v) is 4.58. The van der Waals surface area contributed by atoms with Crippen molar-refractivity contribution in [2.24, 2.45) is 0 Å². The first-order valence-corrected chi connectivity index (χ1v) is 8.10. The van der Waals surface area contributed by atoms with Gasteiger partial charge in [0, 0.05) is 18.8 Å². The second-order valence-electron chi connectivity index (χ2n) is 4.69. The van der Waals surface area contributed by atoms with Gasteiger partial charge in [0.1, 0.15) is 0 Å². The fourth-order valence-corrected chi connectivity index (χ4v) is 3.20. The van der Waals surface area contributed by atoms with Crippen molar-refractivity contribution in [2.75, 3.05) is 18.8 Å². The van der Waals surface area contributed by atoms with Crippen LogP contribution in [-0.2, 0) is 0 Å². The minimum Gasteiger partial charge on any atom is -0.251 e. The molecular formula is C16H27NS. The Labute approximate surface area is 117 Å². The Hall–Kier alpha value is -0.470. The van der Waals surface area contributed by atoms with Gasteiger partial charge in [-0.3, -0.25) is 4.31 Å². The molecule has 1 aromatic rings. The Bertz CT molecular complexity index is 338. The highest BCUT2D eigenvalue weighted by atomic mass is 32.2. The topological polar surface area (TPSA) is 3.24 Å². The van der Waals surface area contributed by atoms with Crippen molar-refractivity contribution < 1.29 is 0 Å². The van der Waals surface area contributed by atoms with Crippen LogP contribution in [0.25, 0.3) is 0 Å². The third kappa shape index (κ3) is 4.66. The minimum absolute atomic E-state index is 0.706. The molecule has 1 atom stereocenters. The highest BCUT2D eigenvalue weighted by Crippen LogP contribution is 2.27. The summed E-state index contributed by atoms with van der Waals surface area (Å²) < 4.78 is 2.49. The van der Waals surface area contributed by atoms with Crippen LogP contribution in [0.3, 0.4) is 0 Å². The highest BCUT2D eigenvalue weighted by molar-refractivity contribution is 7.96. The van der Waals surface area contributed by atoms with Gasteiger partial charge >= 0.3 is 0 Å². The van der Waals surface area contributed by atoms with E-state index in [4.69, 9.17) is 0 Å². The van der Waals surface area contributed by atoms with E-state index in [9.17, 15) is 0 Å². The lowest BCUT2D eigenvalue weighted by Crippen LogP contribution is -2.19. The Morgan fingerprint density at radius 1 is 1.17 bits per heavy atom. The molecule has 0 saturated carbocycles. The monoisotopic (exact) mass is 265 g/mol. The molecule has 0 aliphatic heterocycles. The van der Waals surface area contributed by atoms with Crippen molar-refractivity contribution in [3.63, 3.8) is 0 Å². The third-order valence-electron chi connectivity index (χ3n) is 3.51. The normalized spacial score (nSPS) is 12.9. The number of hydrogen-bond acceptors (Lipinski definition) is 2. The molecule has 0 heterocycles. The summed E-state index contributed by atoms with van der Waals surface area (Å²) in [5.74, 6) is 1.88. The second kappa shape index (κ2) is 8.60. The quantitative estimate of drug-likeness (QED) is 0.617. The lowest BCUT2D eigenvalue weighted by molar-refractivity contribution is 0.446. The first-order valence-electron chi connectivity index (χ1n) is 7.16. The zero-order valence-electron chi connectivity index (χ0n) is 12.3. The molecule has 18 heavy (non-hydrogen) atoms. The van der Waals surface area contributed by atoms with Crippen molar-refractivity contribution >= 4 is 11.9 Å². The molecule has 0 aliphatic rings. The number of aryl methyl sites for hydroxylation is 1. The fourth-order valence-electron chi connectivity index (χ4n) is 2.42. The standard InChI is InChI=1S/C16H27NS/c1-5-15(12-13-17(6-2)18-7-3)16-11-9-8-10-14(16)4/h8-11,15H,5-7,12-13H2,1-4H3. The molecule has 0 fully saturated rings. The molecule has 2 heteroatoms. The van der Waals surface area contributed by atoms with Crippen LogP contribution in [0.4, 0.5) is 0 Å². The maximum absolute atomic E-state index is 2.49. The van der Waals surface area contributed by atoms with Crippen LogP contribution in [-0.4, -0.2) is 23.1 Å². The van der Waals surface area contributed by atoms with Gasteiger partial charge in [0.15, 0.2) is 0 Å². The Balaban J connectivity index is 2.60. The van der Waals surface area contributed by atoms with E-state index >= 15 is 0 Å². The lowest BCUT2D eigenvalue weighted by Gasteiger charge is -2.23. The molecule has 0 amide bonds. The molecule has 0 saturated heterocycles. The van der Waals surface area contributed by atoms with Crippen LogP contribution in [0.15, 0.2) is 24.3 Å². The van der Waals surface area contributed by atoms with Crippen LogP contribution >= 0.6 is 11.9 Å². The zero-order valence-corrected chi connectivity index (χ0v) is 13.1. The van der Waals surface area contributed by atoms with Crippen molar-refractivity contribution in [3.05, 3.63) is 35.4 Å². The SMILES string of the molecule is CCSN(CC)CCC(CC)c1ccccc1C. The average Bonchev–Trinajstić information content (AvgIpc) is 2.40. The summed E-state index contributed by atoms with van der Waals surface area (Å²) in [6.45, 7) is 11.4. The maximum Gasteiger partial charge on any atom is 0.00950 e. The summed E-state index contributed by atoms with van der Waals surface area (Å²) >= 11 is 1.96.